The van der Waals surface area contributed by atoms with Gasteiger partial charge in [-0.2, -0.15) is 0 Å². The third kappa shape index (κ3) is 5.92. The largest absolute Gasteiger partial charge is 0.360 e. The number of hydrogen-bond donors (Lipinski definition) is 0. The first-order valence-electron chi connectivity index (χ1n) is 6.43. The summed E-state index contributed by atoms with van der Waals surface area (Å²) in [7, 11) is 2.17. The number of rotatable bonds is 0. The molecule has 1 unspecified atom stereocenters. The minimum atomic E-state index is 0. The zero-order valence-corrected chi connectivity index (χ0v) is 20.0. The molecular formula is C16H23IN2Pt2. The first-order chi connectivity index (χ1) is 8.80. The molecule has 0 saturated heterocycles. The number of likely N-dealkylation sites (N-methyl/N-ethyl adjacent to an activating group) is 1. The van der Waals surface area contributed by atoms with Gasteiger partial charge in [0.1, 0.15) is 3.55 Å². The van der Waals surface area contributed by atoms with Crippen LogP contribution >= 0.6 is 22.6 Å². The molecule has 0 spiro atoms. The van der Waals surface area contributed by atoms with Crippen molar-refractivity contribution in [2.24, 2.45) is 0 Å². The fraction of sp³-hybridized carbons (Fsp3) is 0.438. The molecule has 21 heavy (non-hydrogen) atoms. The first-order valence-corrected chi connectivity index (χ1v) is 7.51. The van der Waals surface area contributed by atoms with E-state index in [9.17, 15) is 0 Å². The van der Waals surface area contributed by atoms with Gasteiger partial charge in [-0.25, -0.2) is 0 Å². The van der Waals surface area contributed by atoms with Gasteiger partial charge in [0.25, 0.3) is 0 Å². The van der Waals surface area contributed by atoms with E-state index in [-0.39, 0.29) is 45.7 Å². The van der Waals surface area contributed by atoms with E-state index in [0.29, 0.717) is 0 Å². The number of alkyl halides is 1. The van der Waals surface area contributed by atoms with Crippen molar-refractivity contribution in [1.29, 1.82) is 0 Å². The summed E-state index contributed by atoms with van der Waals surface area (Å²) in [5, 5.41) is 0. The number of pyridine rings is 1. The molecule has 2 heterocycles. The summed E-state index contributed by atoms with van der Waals surface area (Å²) in [4.78, 5) is 6.14. The van der Waals surface area contributed by atoms with Crippen molar-refractivity contribution >= 4 is 22.6 Å². The third-order valence-electron chi connectivity index (χ3n) is 4.05. The summed E-state index contributed by atoms with van der Waals surface area (Å²) < 4.78 is 0.144. The minimum Gasteiger partial charge on any atom is -0.360 e. The minimum absolute atomic E-state index is 0. The van der Waals surface area contributed by atoms with E-state index in [0.717, 1.165) is 0 Å². The van der Waals surface area contributed by atoms with Gasteiger partial charge in [0.15, 0.2) is 0 Å². The predicted octanol–water partition coefficient (Wildman–Crippen LogP) is 4.79. The Labute approximate surface area is 171 Å². The molecule has 0 bridgehead atoms. The van der Waals surface area contributed by atoms with Crippen molar-refractivity contribution in [1.82, 2.24) is 9.88 Å². The van der Waals surface area contributed by atoms with E-state index < -0.39 is 0 Å². The molecule has 0 aliphatic carbocycles. The Morgan fingerprint density at radius 2 is 1.43 bits per heavy atom. The molecule has 5 heteroatoms. The van der Waals surface area contributed by atoms with E-state index in [1.54, 1.807) is 12.4 Å². The molecule has 2 rings (SSSR count). The standard InChI is InChI=1S/C11H18IN.C5H5N.2Pt/c1-7-8(2)10(4)13(6)11(5,12)9(7)3;1-2-4-6-5-3-1;;/h1-6H3;1-5H;;. The number of allylic oxidation sites excluding steroid dienone is 3. The molecule has 1 aromatic heterocycles. The number of halogens is 1. The van der Waals surface area contributed by atoms with Gasteiger partial charge in [0, 0.05) is 67.3 Å². The Morgan fingerprint density at radius 3 is 1.76 bits per heavy atom. The Bertz CT molecular complexity index is 470. The summed E-state index contributed by atoms with van der Waals surface area (Å²) >= 11 is 2.52. The van der Waals surface area contributed by atoms with Crippen molar-refractivity contribution in [2.45, 2.75) is 38.2 Å². The van der Waals surface area contributed by atoms with Crippen LogP contribution in [0, 0.1) is 0 Å². The molecule has 1 aliphatic rings. The number of nitrogens with zero attached hydrogens (tertiary/aromatic N) is 2. The van der Waals surface area contributed by atoms with E-state index in [4.69, 9.17) is 0 Å². The molecule has 2 nitrogen and oxygen atoms in total. The van der Waals surface area contributed by atoms with E-state index in [1.807, 2.05) is 18.2 Å². The van der Waals surface area contributed by atoms with Crippen LogP contribution in [0.1, 0.15) is 34.6 Å². The second-order valence-electron chi connectivity index (χ2n) is 5.00. The fourth-order valence-corrected chi connectivity index (χ4v) is 2.79. The van der Waals surface area contributed by atoms with Crippen molar-refractivity contribution < 1.29 is 42.1 Å². The molecule has 0 saturated carbocycles. The summed E-state index contributed by atoms with van der Waals surface area (Å²) in [5.74, 6) is 0. The molecule has 1 aromatic rings. The second-order valence-corrected chi connectivity index (χ2v) is 7.10. The Balaban J connectivity index is 0. The average molecular weight is 760 g/mol. The third-order valence-corrected chi connectivity index (χ3v) is 5.58. The van der Waals surface area contributed by atoms with Gasteiger partial charge in [-0.05, 0) is 63.5 Å². The monoisotopic (exact) mass is 760 g/mol. The Hall–Kier alpha value is 0.537. The number of hydrogen-bond acceptors (Lipinski definition) is 2. The van der Waals surface area contributed by atoms with Crippen molar-refractivity contribution in [3.63, 3.8) is 0 Å². The van der Waals surface area contributed by atoms with Crippen LogP contribution in [0.5, 0.6) is 0 Å². The molecule has 0 amide bonds. The summed E-state index contributed by atoms with van der Waals surface area (Å²) in [6, 6.07) is 5.72. The molecule has 1 aliphatic heterocycles. The molecule has 1 atom stereocenters. The van der Waals surface area contributed by atoms with Gasteiger partial charge < -0.3 is 4.90 Å². The van der Waals surface area contributed by atoms with Crippen LogP contribution in [-0.2, 0) is 42.1 Å². The van der Waals surface area contributed by atoms with Crippen LogP contribution in [0.4, 0.5) is 0 Å². The molecule has 0 fully saturated rings. The quantitative estimate of drug-likeness (QED) is 0.215. The molecule has 124 valence electrons. The molecule has 0 N–H and O–H groups in total. The maximum Gasteiger partial charge on any atom is 0.110 e. The first kappa shape index (κ1) is 23.8. The fourth-order valence-electron chi connectivity index (χ4n) is 2.03. The smallest absolute Gasteiger partial charge is 0.110 e. The van der Waals surface area contributed by atoms with Gasteiger partial charge in [-0.1, -0.05) is 28.7 Å². The van der Waals surface area contributed by atoms with E-state index in [2.05, 4.69) is 74.1 Å². The summed E-state index contributed by atoms with van der Waals surface area (Å²) in [5.41, 5.74) is 5.74. The van der Waals surface area contributed by atoms with Crippen LogP contribution in [0.3, 0.4) is 0 Å². The van der Waals surface area contributed by atoms with Gasteiger partial charge in [-0.3, -0.25) is 4.98 Å². The van der Waals surface area contributed by atoms with Crippen LogP contribution in [0.15, 0.2) is 53.0 Å². The van der Waals surface area contributed by atoms with E-state index in [1.165, 1.54) is 22.4 Å². The molecular weight excluding hydrogens is 737 g/mol. The van der Waals surface area contributed by atoms with Crippen LogP contribution in [0.25, 0.3) is 0 Å². The maximum atomic E-state index is 3.78. The van der Waals surface area contributed by atoms with Gasteiger partial charge in [0.2, 0.25) is 0 Å². The molecule has 0 radical (unpaired) electrons. The van der Waals surface area contributed by atoms with Crippen LogP contribution in [0.2, 0.25) is 0 Å². The van der Waals surface area contributed by atoms with E-state index >= 15 is 0 Å². The van der Waals surface area contributed by atoms with Crippen molar-refractivity contribution in [3.05, 3.63) is 53.0 Å². The normalized spacial score (nSPS) is 21.0. The molecule has 0 aromatic carbocycles. The zero-order valence-electron chi connectivity index (χ0n) is 13.3. The number of aromatic nitrogens is 1. The predicted molar refractivity (Wildman–Crippen MR) is 91.2 cm³/mol. The summed E-state index contributed by atoms with van der Waals surface area (Å²) in [6.07, 6.45) is 3.50. The second kappa shape index (κ2) is 10.3. The summed E-state index contributed by atoms with van der Waals surface area (Å²) in [6.45, 7) is 11.1. The van der Waals surface area contributed by atoms with Gasteiger partial charge >= 0.3 is 0 Å². The Kier molecular flexibility index (Phi) is 11.7. The SMILES string of the molecule is CC1=C(C)N(C)C(C)(I)C(C)=C1C.[Pt].[Pt].c1ccncc1. The topological polar surface area (TPSA) is 16.1 Å². The van der Waals surface area contributed by atoms with Gasteiger partial charge in [0.05, 0.1) is 0 Å². The van der Waals surface area contributed by atoms with Gasteiger partial charge in [-0.15, -0.1) is 0 Å². The van der Waals surface area contributed by atoms with Crippen molar-refractivity contribution in [3.8, 4) is 0 Å². The Morgan fingerprint density at radius 1 is 0.952 bits per heavy atom. The van der Waals surface area contributed by atoms with Crippen LogP contribution in [-0.4, -0.2) is 20.5 Å². The van der Waals surface area contributed by atoms with Crippen LogP contribution < -0.4 is 0 Å². The zero-order chi connectivity index (χ0) is 14.6. The van der Waals surface area contributed by atoms with Crippen molar-refractivity contribution in [2.75, 3.05) is 7.05 Å². The maximum absolute atomic E-state index is 3.78. The average Bonchev–Trinajstić information content (AvgIpc) is 2.44.